The molecule has 1 aliphatic carbocycles. The monoisotopic (exact) mass is 159 g/mol. The Morgan fingerprint density at radius 2 is 2.08 bits per heavy atom. The van der Waals surface area contributed by atoms with Crippen molar-refractivity contribution in [1.82, 2.24) is 0 Å². The van der Waals surface area contributed by atoms with Crippen LogP contribution in [-0.4, -0.2) is 0 Å². The highest BCUT2D eigenvalue weighted by Gasteiger charge is 2.30. The van der Waals surface area contributed by atoms with E-state index in [1.165, 1.54) is 24.0 Å². The minimum absolute atomic E-state index is 0.420. The molecule has 1 atom stereocenters. The van der Waals surface area contributed by atoms with Gasteiger partial charge in [-0.2, -0.15) is 0 Å². The molecule has 0 saturated heterocycles. The summed E-state index contributed by atoms with van der Waals surface area (Å²) in [7, 11) is 0. The van der Waals surface area contributed by atoms with Crippen LogP contribution in [0, 0.1) is 11.8 Å². The highest BCUT2D eigenvalue weighted by atomic mass is 14.3. The lowest BCUT2D eigenvalue weighted by Crippen LogP contribution is -2.12. The van der Waals surface area contributed by atoms with Gasteiger partial charge in [-0.1, -0.05) is 38.1 Å². The fraction of sp³-hybridized carbons (Fsp3) is 0.417. The first-order valence-corrected chi connectivity index (χ1v) is 4.67. The molecular formula is C12H15. The van der Waals surface area contributed by atoms with Gasteiger partial charge < -0.3 is 0 Å². The Balaban J connectivity index is 2.33. The van der Waals surface area contributed by atoms with Crippen molar-refractivity contribution < 1.29 is 0 Å². The van der Waals surface area contributed by atoms with Crippen LogP contribution >= 0.6 is 0 Å². The van der Waals surface area contributed by atoms with E-state index in [4.69, 9.17) is 0 Å². The molecule has 0 N–H and O–H groups in total. The first-order chi connectivity index (χ1) is 5.73. The van der Waals surface area contributed by atoms with Crippen molar-refractivity contribution in [2.45, 2.75) is 26.7 Å². The summed E-state index contributed by atoms with van der Waals surface area (Å²) in [4.78, 5) is 0. The van der Waals surface area contributed by atoms with Gasteiger partial charge in [0.2, 0.25) is 0 Å². The quantitative estimate of drug-likeness (QED) is 0.590. The smallest absolute Gasteiger partial charge is 0.00279 e. The van der Waals surface area contributed by atoms with Crippen LogP contribution in [0.5, 0.6) is 0 Å². The molecule has 2 rings (SSSR count). The number of fused-ring (bicyclic) bond motifs is 1. The van der Waals surface area contributed by atoms with Gasteiger partial charge >= 0.3 is 0 Å². The Bertz CT molecular complexity index is 261. The zero-order valence-corrected chi connectivity index (χ0v) is 7.80. The molecule has 0 amide bonds. The van der Waals surface area contributed by atoms with Gasteiger partial charge in [0.25, 0.3) is 0 Å². The largest absolute Gasteiger partial charge is 0.0648 e. The lowest BCUT2D eigenvalue weighted by Gasteiger charge is -2.19. The summed E-state index contributed by atoms with van der Waals surface area (Å²) in [6.45, 7) is 4.61. The van der Waals surface area contributed by atoms with Crippen molar-refractivity contribution in [2.24, 2.45) is 5.41 Å². The Morgan fingerprint density at radius 1 is 1.33 bits per heavy atom. The van der Waals surface area contributed by atoms with Crippen molar-refractivity contribution in [3.63, 3.8) is 0 Å². The Hall–Kier alpha value is -0.780. The van der Waals surface area contributed by atoms with Crippen LogP contribution in [0.15, 0.2) is 24.3 Å². The third-order valence-corrected chi connectivity index (χ3v) is 2.96. The molecule has 1 aromatic rings. The summed E-state index contributed by atoms with van der Waals surface area (Å²) in [5.74, 6) is 0. The predicted molar refractivity (Wildman–Crippen MR) is 51.9 cm³/mol. The zero-order chi connectivity index (χ0) is 8.60. The van der Waals surface area contributed by atoms with E-state index in [2.05, 4.69) is 44.5 Å². The third-order valence-electron chi connectivity index (χ3n) is 2.96. The Morgan fingerprint density at radius 3 is 2.75 bits per heavy atom. The Labute approximate surface area is 74.6 Å². The van der Waals surface area contributed by atoms with Crippen molar-refractivity contribution in [3.8, 4) is 0 Å². The lowest BCUT2D eigenvalue weighted by atomic mass is 9.85. The van der Waals surface area contributed by atoms with E-state index in [-0.39, 0.29) is 0 Å². The highest BCUT2D eigenvalue weighted by Crippen LogP contribution is 2.40. The molecule has 0 fully saturated rings. The molecule has 0 aromatic heterocycles. The van der Waals surface area contributed by atoms with E-state index in [1.807, 2.05) is 0 Å². The summed E-state index contributed by atoms with van der Waals surface area (Å²) in [5.41, 5.74) is 3.38. The molecule has 0 bridgehead atoms. The van der Waals surface area contributed by atoms with Crippen LogP contribution in [0.1, 0.15) is 31.4 Å². The molecule has 1 aromatic carbocycles. The van der Waals surface area contributed by atoms with Gasteiger partial charge in [0.15, 0.2) is 0 Å². The van der Waals surface area contributed by atoms with Gasteiger partial charge in [-0.05, 0) is 35.8 Å². The number of benzene rings is 1. The minimum Gasteiger partial charge on any atom is -0.0648 e. The molecule has 0 nitrogen and oxygen atoms in total. The summed E-state index contributed by atoms with van der Waals surface area (Å²) in [5, 5.41) is 0. The summed E-state index contributed by atoms with van der Waals surface area (Å²) >= 11 is 0. The molecule has 0 heterocycles. The average molecular weight is 159 g/mol. The third kappa shape index (κ3) is 1.16. The molecule has 63 valence electrons. The summed E-state index contributed by atoms with van der Waals surface area (Å²) < 4.78 is 0. The van der Waals surface area contributed by atoms with E-state index in [1.54, 1.807) is 0 Å². The van der Waals surface area contributed by atoms with Crippen molar-refractivity contribution in [3.05, 3.63) is 41.8 Å². The zero-order valence-electron chi connectivity index (χ0n) is 7.80. The van der Waals surface area contributed by atoms with Crippen LogP contribution in [0.3, 0.4) is 0 Å². The molecule has 1 aliphatic rings. The second-order valence-corrected chi connectivity index (χ2v) is 4.03. The normalized spacial score (nSPS) is 19.2. The van der Waals surface area contributed by atoms with E-state index < -0.39 is 0 Å². The molecule has 0 saturated carbocycles. The maximum absolute atomic E-state index is 2.42. The van der Waals surface area contributed by atoms with Crippen molar-refractivity contribution in [2.75, 3.05) is 0 Å². The van der Waals surface area contributed by atoms with Crippen LogP contribution in [0.2, 0.25) is 0 Å². The minimum atomic E-state index is 0.420. The van der Waals surface area contributed by atoms with E-state index in [9.17, 15) is 0 Å². The standard InChI is InChI=1S/C12H15/c1-3-12(2)8-10-6-4-5-7-11(10)9-12/h4-8H,3,9H2,1-2H3. The summed E-state index contributed by atoms with van der Waals surface area (Å²) in [6, 6.07) is 8.72. The lowest BCUT2D eigenvalue weighted by molar-refractivity contribution is 0.402. The van der Waals surface area contributed by atoms with Gasteiger partial charge in [-0.15, -0.1) is 0 Å². The number of rotatable bonds is 1. The predicted octanol–water partition coefficient (Wildman–Crippen LogP) is 3.21. The van der Waals surface area contributed by atoms with E-state index in [0.29, 0.717) is 5.41 Å². The first kappa shape index (κ1) is 7.85. The SMILES string of the molecule is CCC1(C)[CH]c2ccccc2C1. The molecule has 0 heteroatoms. The fourth-order valence-electron chi connectivity index (χ4n) is 1.92. The maximum Gasteiger partial charge on any atom is -0.00279 e. The average Bonchev–Trinajstić information content (AvgIpc) is 2.42. The molecule has 12 heavy (non-hydrogen) atoms. The van der Waals surface area contributed by atoms with Gasteiger partial charge in [0, 0.05) is 0 Å². The maximum atomic E-state index is 2.42. The van der Waals surface area contributed by atoms with E-state index in [0.717, 1.165) is 0 Å². The molecule has 1 unspecified atom stereocenters. The topological polar surface area (TPSA) is 0 Å². The van der Waals surface area contributed by atoms with Gasteiger partial charge in [0.1, 0.15) is 0 Å². The van der Waals surface area contributed by atoms with Crippen LogP contribution in [0.25, 0.3) is 0 Å². The van der Waals surface area contributed by atoms with Gasteiger partial charge in [-0.3, -0.25) is 0 Å². The van der Waals surface area contributed by atoms with Gasteiger partial charge in [-0.25, -0.2) is 0 Å². The van der Waals surface area contributed by atoms with Crippen LogP contribution in [0.4, 0.5) is 0 Å². The second kappa shape index (κ2) is 2.62. The van der Waals surface area contributed by atoms with E-state index >= 15 is 0 Å². The van der Waals surface area contributed by atoms with Gasteiger partial charge in [0.05, 0.1) is 0 Å². The number of hydrogen-bond donors (Lipinski definition) is 0. The van der Waals surface area contributed by atoms with Crippen molar-refractivity contribution in [1.29, 1.82) is 0 Å². The molecular weight excluding hydrogens is 144 g/mol. The highest BCUT2D eigenvalue weighted by molar-refractivity contribution is 5.41. The molecule has 0 spiro atoms. The summed E-state index contributed by atoms with van der Waals surface area (Å²) in [6.07, 6.45) is 4.88. The first-order valence-electron chi connectivity index (χ1n) is 4.67. The second-order valence-electron chi connectivity index (χ2n) is 4.03. The fourth-order valence-corrected chi connectivity index (χ4v) is 1.92. The molecule has 0 aliphatic heterocycles. The van der Waals surface area contributed by atoms with Crippen molar-refractivity contribution >= 4 is 0 Å². The Kier molecular flexibility index (Phi) is 1.71. The van der Waals surface area contributed by atoms with Crippen LogP contribution < -0.4 is 0 Å². The molecule has 1 radical (unpaired) electrons. The van der Waals surface area contributed by atoms with Crippen LogP contribution in [-0.2, 0) is 6.42 Å². The number of hydrogen-bond acceptors (Lipinski definition) is 0.